The van der Waals surface area contributed by atoms with Crippen LogP contribution in [0, 0.1) is 5.92 Å². The van der Waals surface area contributed by atoms with Crippen LogP contribution >= 0.6 is 11.1 Å². The van der Waals surface area contributed by atoms with Crippen LogP contribution in [0.25, 0.3) is 0 Å². The molecule has 0 heterocycles. The second-order valence-electron chi connectivity index (χ2n) is 3.21. The minimum Gasteiger partial charge on any atom is -0.505 e. The number of hydrogen-bond acceptors (Lipinski definition) is 2. The molecule has 0 aromatic rings. The summed E-state index contributed by atoms with van der Waals surface area (Å²) in [6.07, 6.45) is 2.34. The molecule has 0 saturated heterocycles. The van der Waals surface area contributed by atoms with Crippen molar-refractivity contribution < 1.29 is 9.22 Å². The van der Waals surface area contributed by atoms with Gasteiger partial charge in [0, 0.05) is 0 Å². The highest BCUT2D eigenvalue weighted by Gasteiger charge is 2.25. The average molecular weight is 207 g/mol. The number of carbonyl (C=O) groups excluding carboxylic acids is 1. The number of hydrogen-bond donors (Lipinski definition) is 0. The predicted molar refractivity (Wildman–Crippen MR) is 53.4 cm³/mol. The van der Waals surface area contributed by atoms with Crippen molar-refractivity contribution >= 4 is 24.7 Å². The fourth-order valence-corrected chi connectivity index (χ4v) is 1.59. The predicted octanol–water partition coefficient (Wildman–Crippen LogP) is 2.68. The van der Waals surface area contributed by atoms with E-state index in [1.165, 1.54) is 0 Å². The Kier molecular flexibility index (Phi) is 4.56. The topological polar surface area (TPSA) is 26.3 Å². The molecular formula is C8H15ClO2Si. The third-order valence-electron chi connectivity index (χ3n) is 1.27. The maximum absolute atomic E-state index is 11.2. The van der Waals surface area contributed by atoms with Crippen molar-refractivity contribution in [2.24, 2.45) is 5.92 Å². The quantitative estimate of drug-likeness (QED) is 0.402. The minimum absolute atomic E-state index is 0.131. The Morgan fingerprint density at radius 1 is 1.75 bits per heavy atom. The average Bonchev–Trinajstić information content (AvgIpc) is 1.84. The minimum atomic E-state index is -2.22. The van der Waals surface area contributed by atoms with Crippen LogP contribution in [0.15, 0.2) is 12.7 Å². The molecule has 0 saturated carbocycles. The van der Waals surface area contributed by atoms with Gasteiger partial charge in [-0.2, -0.15) is 0 Å². The van der Waals surface area contributed by atoms with E-state index in [4.69, 9.17) is 15.5 Å². The van der Waals surface area contributed by atoms with Gasteiger partial charge in [-0.1, -0.05) is 13.0 Å². The van der Waals surface area contributed by atoms with Gasteiger partial charge >= 0.3 is 7.63 Å². The lowest BCUT2D eigenvalue weighted by molar-refractivity contribution is -0.138. The lowest BCUT2D eigenvalue weighted by Gasteiger charge is -2.17. The first-order valence-electron chi connectivity index (χ1n) is 3.89. The number of allylic oxidation sites excluding steroid dienone is 1. The zero-order valence-electron chi connectivity index (χ0n) is 7.76. The summed E-state index contributed by atoms with van der Waals surface area (Å²) < 4.78 is 5.07. The van der Waals surface area contributed by atoms with Crippen LogP contribution < -0.4 is 0 Å². The molecule has 2 nitrogen and oxygen atoms in total. The van der Waals surface area contributed by atoms with Crippen LogP contribution in [-0.4, -0.2) is 13.6 Å². The molecule has 0 spiro atoms. The molecule has 0 amide bonds. The van der Waals surface area contributed by atoms with Crippen molar-refractivity contribution in [3.8, 4) is 0 Å². The van der Waals surface area contributed by atoms with E-state index < -0.39 is 7.63 Å². The van der Waals surface area contributed by atoms with Crippen LogP contribution in [0.2, 0.25) is 13.1 Å². The summed E-state index contributed by atoms with van der Waals surface area (Å²) in [5, 5.41) is 0. The standard InChI is InChI=1S/C8H15ClO2Si/c1-5-6-7(2)8(10)11-12(3,4)9/h5,7H,1,6H2,2-4H3. The highest BCUT2D eigenvalue weighted by Crippen LogP contribution is 2.14. The van der Waals surface area contributed by atoms with Crippen LogP contribution in [-0.2, 0) is 9.22 Å². The Morgan fingerprint density at radius 2 is 2.25 bits per heavy atom. The molecule has 0 aliphatic rings. The maximum atomic E-state index is 11.2. The Labute approximate surface area is 79.4 Å². The first kappa shape index (κ1) is 11.7. The van der Waals surface area contributed by atoms with Crippen LogP contribution in [0.3, 0.4) is 0 Å². The highest BCUT2D eigenvalue weighted by molar-refractivity contribution is 7.15. The van der Waals surface area contributed by atoms with E-state index in [-0.39, 0.29) is 11.9 Å². The van der Waals surface area contributed by atoms with Crippen molar-refractivity contribution in [2.45, 2.75) is 26.4 Å². The third-order valence-corrected chi connectivity index (χ3v) is 2.18. The molecule has 12 heavy (non-hydrogen) atoms. The summed E-state index contributed by atoms with van der Waals surface area (Å²) >= 11 is 5.84. The summed E-state index contributed by atoms with van der Waals surface area (Å²) in [6, 6.07) is 0. The lowest BCUT2D eigenvalue weighted by atomic mass is 10.1. The van der Waals surface area contributed by atoms with Gasteiger partial charge in [-0.3, -0.25) is 4.79 Å². The zero-order chi connectivity index (χ0) is 9.78. The molecule has 0 rings (SSSR count). The van der Waals surface area contributed by atoms with E-state index in [1.807, 2.05) is 0 Å². The van der Waals surface area contributed by atoms with E-state index >= 15 is 0 Å². The number of rotatable bonds is 4. The van der Waals surface area contributed by atoms with Gasteiger partial charge in [0.1, 0.15) is 0 Å². The van der Waals surface area contributed by atoms with Crippen molar-refractivity contribution in [1.29, 1.82) is 0 Å². The number of carbonyl (C=O) groups is 1. The van der Waals surface area contributed by atoms with Gasteiger partial charge in [0.15, 0.2) is 0 Å². The second-order valence-corrected chi connectivity index (χ2v) is 8.87. The maximum Gasteiger partial charge on any atom is 0.345 e. The van der Waals surface area contributed by atoms with Gasteiger partial charge in [0.25, 0.3) is 5.97 Å². The molecule has 4 heteroatoms. The van der Waals surface area contributed by atoms with Gasteiger partial charge < -0.3 is 4.43 Å². The third kappa shape index (κ3) is 5.38. The fourth-order valence-electron chi connectivity index (χ4n) is 0.686. The van der Waals surface area contributed by atoms with Gasteiger partial charge in [0.2, 0.25) is 0 Å². The van der Waals surface area contributed by atoms with E-state index in [9.17, 15) is 4.79 Å². The zero-order valence-corrected chi connectivity index (χ0v) is 9.52. The second kappa shape index (κ2) is 4.67. The van der Waals surface area contributed by atoms with Gasteiger partial charge in [-0.15, -0.1) is 17.7 Å². The SMILES string of the molecule is C=CCC(C)C(=O)O[Si](C)(C)Cl. The summed E-state index contributed by atoms with van der Waals surface area (Å²) in [5.74, 6) is -0.352. The monoisotopic (exact) mass is 206 g/mol. The first-order chi connectivity index (χ1) is 5.37. The molecule has 70 valence electrons. The van der Waals surface area contributed by atoms with E-state index in [1.54, 1.807) is 26.1 Å². The Bertz CT molecular complexity index is 174. The summed E-state index contributed by atoms with van der Waals surface area (Å²) in [5.41, 5.74) is 0. The first-order valence-corrected chi connectivity index (χ1v) is 7.81. The molecule has 0 aliphatic carbocycles. The summed E-state index contributed by atoms with van der Waals surface area (Å²) in [7, 11) is -2.22. The largest absolute Gasteiger partial charge is 0.505 e. The van der Waals surface area contributed by atoms with Crippen LogP contribution in [0.4, 0.5) is 0 Å². The van der Waals surface area contributed by atoms with E-state index in [0.717, 1.165) is 0 Å². The summed E-state index contributed by atoms with van der Waals surface area (Å²) in [4.78, 5) is 11.2. The molecule has 1 unspecified atom stereocenters. The molecule has 0 aromatic carbocycles. The molecule has 1 atom stereocenters. The van der Waals surface area contributed by atoms with Crippen LogP contribution in [0.1, 0.15) is 13.3 Å². The lowest BCUT2D eigenvalue weighted by Crippen LogP contribution is -2.29. The fraction of sp³-hybridized carbons (Fsp3) is 0.625. The molecule has 0 aliphatic heterocycles. The van der Waals surface area contributed by atoms with Crippen molar-refractivity contribution in [3.63, 3.8) is 0 Å². The van der Waals surface area contributed by atoms with Gasteiger partial charge in [0.05, 0.1) is 5.92 Å². The Hall–Kier alpha value is -0.283. The van der Waals surface area contributed by atoms with Gasteiger partial charge in [-0.05, 0) is 19.5 Å². The smallest absolute Gasteiger partial charge is 0.345 e. The molecular weight excluding hydrogens is 192 g/mol. The van der Waals surface area contributed by atoms with E-state index in [2.05, 4.69) is 6.58 Å². The van der Waals surface area contributed by atoms with Crippen molar-refractivity contribution in [1.82, 2.24) is 0 Å². The number of halogens is 1. The molecule has 0 bridgehead atoms. The Morgan fingerprint density at radius 3 is 2.58 bits per heavy atom. The van der Waals surface area contributed by atoms with Gasteiger partial charge in [-0.25, -0.2) is 0 Å². The van der Waals surface area contributed by atoms with E-state index in [0.29, 0.717) is 6.42 Å². The molecule has 0 fully saturated rings. The normalized spacial score (nSPS) is 13.7. The van der Waals surface area contributed by atoms with Crippen molar-refractivity contribution in [2.75, 3.05) is 0 Å². The van der Waals surface area contributed by atoms with Crippen molar-refractivity contribution in [3.05, 3.63) is 12.7 Å². The Balaban J connectivity index is 3.95. The highest BCUT2D eigenvalue weighted by atomic mass is 35.6. The molecule has 0 radical (unpaired) electrons. The molecule has 0 N–H and O–H groups in total. The van der Waals surface area contributed by atoms with Crippen LogP contribution in [0.5, 0.6) is 0 Å². The summed E-state index contributed by atoms with van der Waals surface area (Å²) in [6.45, 7) is 8.90. The molecule has 0 aromatic heterocycles.